The van der Waals surface area contributed by atoms with Gasteiger partial charge >= 0.3 is 0 Å². The number of nitrogens with one attached hydrogen (secondary N) is 1. The third-order valence-electron chi connectivity index (χ3n) is 6.85. The zero-order valence-corrected chi connectivity index (χ0v) is 26.4. The lowest BCUT2D eigenvalue weighted by Crippen LogP contribution is -2.55. The molecule has 3 aromatic rings. The molecule has 0 aliphatic carbocycles. The number of hydrogen-bond acceptors (Lipinski definition) is 4. The Hall–Kier alpha value is -3.36. The molecule has 0 fully saturated rings. The highest BCUT2D eigenvalue weighted by molar-refractivity contribution is 7.92. The Kier molecular flexibility index (Phi) is 10.3. The van der Waals surface area contributed by atoms with Gasteiger partial charge in [0.2, 0.25) is 11.8 Å². The van der Waals surface area contributed by atoms with Gasteiger partial charge in [-0.15, -0.1) is 0 Å². The Labute approximate surface area is 249 Å². The molecule has 0 radical (unpaired) electrons. The molecule has 41 heavy (non-hydrogen) atoms. The number of carbonyl (C=O) groups is 2. The summed E-state index contributed by atoms with van der Waals surface area (Å²) < 4.78 is 29.2. The Bertz CT molecular complexity index is 1500. The summed E-state index contributed by atoms with van der Waals surface area (Å²) in [6.07, 6.45) is 0.326. The molecule has 0 aliphatic rings. The summed E-state index contributed by atoms with van der Waals surface area (Å²) in [7, 11) is -4.13. The van der Waals surface area contributed by atoms with Gasteiger partial charge in [0, 0.05) is 17.1 Å². The SMILES string of the molecule is CC[C@H](C(=O)NC(C)(C)C)N(Cc1ccccc1Cl)C(=O)CN(c1ccc(C)c(C)c1)S(=O)(=O)c1ccc(C)cc1. The quantitative estimate of drug-likeness (QED) is 0.302. The lowest BCUT2D eigenvalue weighted by atomic mass is 10.1. The first kappa shape index (κ1) is 32.2. The maximum absolute atomic E-state index is 14.2. The van der Waals surface area contributed by atoms with Crippen LogP contribution in [0.25, 0.3) is 0 Å². The summed E-state index contributed by atoms with van der Waals surface area (Å²) in [5.74, 6) is -0.839. The Morgan fingerprint density at radius 1 is 0.927 bits per heavy atom. The lowest BCUT2D eigenvalue weighted by Gasteiger charge is -2.35. The first-order valence-electron chi connectivity index (χ1n) is 13.7. The minimum absolute atomic E-state index is 0.0416. The molecular formula is C32H40ClN3O4S. The average molecular weight is 598 g/mol. The van der Waals surface area contributed by atoms with E-state index in [0.717, 1.165) is 21.0 Å². The van der Waals surface area contributed by atoms with Crippen LogP contribution in [0.2, 0.25) is 5.02 Å². The number of amides is 2. The largest absolute Gasteiger partial charge is 0.350 e. The van der Waals surface area contributed by atoms with Crippen molar-refractivity contribution in [3.63, 3.8) is 0 Å². The minimum Gasteiger partial charge on any atom is -0.350 e. The van der Waals surface area contributed by atoms with E-state index in [-0.39, 0.29) is 17.3 Å². The zero-order chi connectivity index (χ0) is 30.5. The third kappa shape index (κ3) is 8.11. The molecule has 1 atom stereocenters. The van der Waals surface area contributed by atoms with Gasteiger partial charge in [-0.1, -0.05) is 60.5 Å². The van der Waals surface area contributed by atoms with Crippen LogP contribution in [0.4, 0.5) is 5.69 Å². The molecule has 0 saturated heterocycles. The fourth-order valence-corrected chi connectivity index (χ4v) is 6.03. The van der Waals surface area contributed by atoms with Crippen LogP contribution in [0.5, 0.6) is 0 Å². The van der Waals surface area contributed by atoms with E-state index in [2.05, 4.69) is 5.32 Å². The summed E-state index contributed by atoms with van der Waals surface area (Å²) in [5, 5.41) is 3.42. The predicted molar refractivity (Wildman–Crippen MR) is 166 cm³/mol. The van der Waals surface area contributed by atoms with Crippen LogP contribution in [0.15, 0.2) is 71.6 Å². The monoisotopic (exact) mass is 597 g/mol. The zero-order valence-electron chi connectivity index (χ0n) is 24.9. The fourth-order valence-electron chi connectivity index (χ4n) is 4.43. The highest BCUT2D eigenvalue weighted by Gasteiger charge is 2.35. The van der Waals surface area contributed by atoms with Crippen LogP contribution in [0, 0.1) is 20.8 Å². The summed E-state index contributed by atoms with van der Waals surface area (Å²) in [6, 6.07) is 18.1. The fraction of sp³-hybridized carbons (Fsp3) is 0.375. The first-order chi connectivity index (χ1) is 19.1. The van der Waals surface area contributed by atoms with E-state index in [0.29, 0.717) is 22.7 Å². The van der Waals surface area contributed by atoms with E-state index in [1.54, 1.807) is 42.5 Å². The number of sulfonamides is 1. The molecule has 1 N–H and O–H groups in total. The average Bonchev–Trinajstić information content (AvgIpc) is 2.89. The number of rotatable bonds is 10. The van der Waals surface area contributed by atoms with Gasteiger partial charge in [0.05, 0.1) is 10.6 Å². The molecule has 7 nitrogen and oxygen atoms in total. The van der Waals surface area contributed by atoms with Gasteiger partial charge in [0.25, 0.3) is 10.0 Å². The number of anilines is 1. The van der Waals surface area contributed by atoms with Gasteiger partial charge in [0.1, 0.15) is 12.6 Å². The Balaban J connectivity index is 2.11. The predicted octanol–water partition coefficient (Wildman–Crippen LogP) is 6.18. The van der Waals surface area contributed by atoms with Crippen molar-refractivity contribution in [2.75, 3.05) is 10.8 Å². The van der Waals surface area contributed by atoms with Crippen LogP contribution in [-0.4, -0.2) is 43.3 Å². The topological polar surface area (TPSA) is 86.8 Å². The van der Waals surface area contributed by atoms with E-state index < -0.39 is 34.1 Å². The number of halogens is 1. The standard InChI is InChI=1S/C32H40ClN3O4S/c1-8-29(31(38)34-32(5,6)7)35(20-25-11-9-10-12-28(25)33)30(37)21-36(26-16-15-23(3)24(4)19-26)41(39,40)27-17-13-22(2)14-18-27/h9-19,29H,8,20-21H2,1-7H3,(H,34,38)/t29-/m1/s1. The lowest BCUT2D eigenvalue weighted by molar-refractivity contribution is -0.141. The molecule has 0 aromatic heterocycles. The molecule has 0 saturated carbocycles. The van der Waals surface area contributed by atoms with Gasteiger partial charge in [-0.05, 0) is 95.0 Å². The molecule has 0 bridgehead atoms. The minimum atomic E-state index is -4.13. The van der Waals surface area contributed by atoms with Gasteiger partial charge in [-0.3, -0.25) is 13.9 Å². The first-order valence-corrected chi connectivity index (χ1v) is 15.5. The van der Waals surface area contributed by atoms with Crippen molar-refractivity contribution in [3.8, 4) is 0 Å². The molecule has 2 amide bonds. The maximum atomic E-state index is 14.2. The third-order valence-corrected chi connectivity index (χ3v) is 9.01. The number of aryl methyl sites for hydroxylation is 3. The van der Waals surface area contributed by atoms with Crippen molar-refractivity contribution < 1.29 is 18.0 Å². The molecule has 0 spiro atoms. The van der Waals surface area contributed by atoms with E-state index in [9.17, 15) is 18.0 Å². The highest BCUT2D eigenvalue weighted by Crippen LogP contribution is 2.27. The van der Waals surface area contributed by atoms with Crippen molar-refractivity contribution in [1.82, 2.24) is 10.2 Å². The smallest absolute Gasteiger partial charge is 0.264 e. The molecule has 0 aliphatic heterocycles. The number of nitrogens with zero attached hydrogens (tertiary/aromatic N) is 2. The van der Waals surface area contributed by atoms with Crippen LogP contribution in [-0.2, 0) is 26.2 Å². The molecule has 3 aromatic carbocycles. The second kappa shape index (κ2) is 13.1. The molecule has 3 rings (SSSR count). The Morgan fingerprint density at radius 3 is 2.12 bits per heavy atom. The molecule has 9 heteroatoms. The van der Waals surface area contributed by atoms with Gasteiger partial charge < -0.3 is 10.2 Å². The van der Waals surface area contributed by atoms with E-state index in [1.165, 1.54) is 17.0 Å². The summed E-state index contributed by atoms with van der Waals surface area (Å²) in [5.41, 5.74) is 3.31. The van der Waals surface area contributed by atoms with Gasteiger partial charge in [-0.2, -0.15) is 0 Å². The maximum Gasteiger partial charge on any atom is 0.264 e. The number of carbonyl (C=O) groups excluding carboxylic acids is 2. The van der Waals surface area contributed by atoms with Crippen molar-refractivity contribution in [3.05, 3.63) is 94.0 Å². The van der Waals surface area contributed by atoms with E-state index in [4.69, 9.17) is 11.6 Å². The molecular weight excluding hydrogens is 558 g/mol. The van der Waals surface area contributed by atoms with E-state index >= 15 is 0 Å². The van der Waals surface area contributed by atoms with Crippen molar-refractivity contribution in [2.45, 2.75) is 77.9 Å². The molecule has 0 heterocycles. The van der Waals surface area contributed by atoms with Crippen LogP contribution in [0.3, 0.4) is 0 Å². The highest BCUT2D eigenvalue weighted by atomic mass is 35.5. The second-order valence-electron chi connectivity index (χ2n) is 11.4. The summed E-state index contributed by atoms with van der Waals surface area (Å²) in [6.45, 7) is 12.7. The van der Waals surface area contributed by atoms with Crippen molar-refractivity contribution >= 4 is 39.1 Å². The number of benzene rings is 3. The second-order valence-corrected chi connectivity index (χ2v) is 13.6. The number of hydrogen-bond donors (Lipinski definition) is 1. The molecule has 0 unspecified atom stereocenters. The van der Waals surface area contributed by atoms with Gasteiger partial charge in [0.15, 0.2) is 0 Å². The molecule has 220 valence electrons. The summed E-state index contributed by atoms with van der Waals surface area (Å²) in [4.78, 5) is 29.1. The Morgan fingerprint density at radius 2 is 1.56 bits per heavy atom. The van der Waals surface area contributed by atoms with Crippen LogP contribution in [0.1, 0.15) is 56.4 Å². The van der Waals surface area contributed by atoms with E-state index in [1.807, 2.05) is 60.6 Å². The van der Waals surface area contributed by atoms with Gasteiger partial charge in [-0.25, -0.2) is 8.42 Å². The summed E-state index contributed by atoms with van der Waals surface area (Å²) >= 11 is 6.46. The van der Waals surface area contributed by atoms with Crippen molar-refractivity contribution in [2.24, 2.45) is 0 Å². The van der Waals surface area contributed by atoms with Crippen molar-refractivity contribution in [1.29, 1.82) is 0 Å². The van der Waals surface area contributed by atoms with Crippen LogP contribution >= 0.6 is 11.6 Å². The normalized spacial score (nSPS) is 12.5. The van der Waals surface area contributed by atoms with Crippen LogP contribution < -0.4 is 9.62 Å².